The second-order valence-corrected chi connectivity index (χ2v) is 6.14. The second-order valence-electron chi connectivity index (χ2n) is 4.40. The van der Waals surface area contributed by atoms with Gasteiger partial charge in [-0.05, 0) is 30.3 Å². The number of hydrogen-bond acceptors (Lipinski definition) is 3. The van der Waals surface area contributed by atoms with E-state index >= 15 is 0 Å². The van der Waals surface area contributed by atoms with Gasteiger partial charge in [-0.2, -0.15) is 0 Å². The van der Waals surface area contributed by atoms with E-state index < -0.39 is 10.0 Å². The van der Waals surface area contributed by atoms with Crippen molar-refractivity contribution in [3.8, 4) is 0 Å². The number of halogens is 1. The van der Waals surface area contributed by atoms with Crippen molar-refractivity contribution in [2.24, 2.45) is 0 Å². The van der Waals surface area contributed by atoms with Gasteiger partial charge in [0.25, 0.3) is 0 Å². The average molecular weight is 294 g/mol. The van der Waals surface area contributed by atoms with E-state index in [1.165, 1.54) is 6.07 Å². The van der Waals surface area contributed by atoms with Crippen LogP contribution in [0.1, 0.15) is 5.56 Å². The zero-order chi connectivity index (χ0) is 14.6. The molecule has 0 saturated carbocycles. The first-order valence-electron chi connectivity index (χ1n) is 5.99. The molecule has 2 N–H and O–H groups in total. The second kappa shape index (κ2) is 5.92. The Morgan fingerprint density at radius 2 is 1.60 bits per heavy atom. The Kier molecular flexibility index (Phi) is 4.24. The van der Waals surface area contributed by atoms with Gasteiger partial charge in [0.15, 0.2) is 0 Å². The lowest BCUT2D eigenvalue weighted by molar-refractivity contribution is 0.606. The van der Waals surface area contributed by atoms with Crippen LogP contribution in [0.2, 0.25) is 0 Å². The molecular formula is C14H15FN2O2S. The lowest BCUT2D eigenvalue weighted by atomic mass is 10.2. The fraction of sp³-hybridized carbons (Fsp3) is 0.143. The van der Waals surface area contributed by atoms with Gasteiger partial charge in [-0.25, -0.2) is 12.8 Å². The number of sulfonamides is 1. The van der Waals surface area contributed by atoms with Gasteiger partial charge in [-0.3, -0.25) is 4.72 Å². The monoisotopic (exact) mass is 294 g/mol. The van der Waals surface area contributed by atoms with E-state index in [-0.39, 0.29) is 5.82 Å². The van der Waals surface area contributed by atoms with Crippen LogP contribution in [0, 0.1) is 5.82 Å². The predicted molar refractivity (Wildman–Crippen MR) is 78.6 cm³/mol. The minimum Gasteiger partial charge on any atom is -0.381 e. The molecule has 0 spiro atoms. The van der Waals surface area contributed by atoms with E-state index in [0.717, 1.165) is 11.9 Å². The summed E-state index contributed by atoms with van der Waals surface area (Å²) in [7, 11) is -3.27. The van der Waals surface area contributed by atoms with Gasteiger partial charge in [0, 0.05) is 23.5 Å². The van der Waals surface area contributed by atoms with Crippen LogP contribution < -0.4 is 10.0 Å². The molecular weight excluding hydrogens is 279 g/mol. The summed E-state index contributed by atoms with van der Waals surface area (Å²) in [6.45, 7) is 0.367. The molecule has 0 unspecified atom stereocenters. The number of hydrogen-bond donors (Lipinski definition) is 2. The quantitative estimate of drug-likeness (QED) is 0.891. The largest absolute Gasteiger partial charge is 0.381 e. The molecule has 6 heteroatoms. The lowest BCUT2D eigenvalue weighted by Gasteiger charge is -2.09. The lowest BCUT2D eigenvalue weighted by Crippen LogP contribution is -2.09. The molecule has 0 aliphatic rings. The normalized spacial score (nSPS) is 11.1. The minimum absolute atomic E-state index is 0.254. The fourth-order valence-corrected chi connectivity index (χ4v) is 2.27. The van der Waals surface area contributed by atoms with E-state index in [9.17, 15) is 12.8 Å². The van der Waals surface area contributed by atoms with Gasteiger partial charge in [0.1, 0.15) is 5.82 Å². The van der Waals surface area contributed by atoms with Crippen molar-refractivity contribution in [2.75, 3.05) is 16.3 Å². The van der Waals surface area contributed by atoms with Crippen LogP contribution >= 0.6 is 0 Å². The zero-order valence-corrected chi connectivity index (χ0v) is 11.7. The topological polar surface area (TPSA) is 58.2 Å². The first-order valence-corrected chi connectivity index (χ1v) is 7.88. The maximum absolute atomic E-state index is 13.4. The Bertz CT molecular complexity index is 685. The van der Waals surface area contributed by atoms with Gasteiger partial charge in [-0.15, -0.1) is 0 Å². The first-order chi connectivity index (χ1) is 9.44. The van der Waals surface area contributed by atoms with Crippen molar-refractivity contribution in [1.29, 1.82) is 0 Å². The predicted octanol–water partition coefficient (Wildman–Crippen LogP) is 2.81. The molecule has 0 fully saturated rings. The molecule has 2 rings (SSSR count). The summed E-state index contributed by atoms with van der Waals surface area (Å²) in [5.74, 6) is -0.254. The molecule has 0 aliphatic heterocycles. The molecule has 0 aliphatic carbocycles. The van der Waals surface area contributed by atoms with Crippen LogP contribution in [0.5, 0.6) is 0 Å². The third kappa shape index (κ3) is 4.24. The smallest absolute Gasteiger partial charge is 0.229 e. The summed E-state index contributed by atoms with van der Waals surface area (Å²) in [5, 5.41) is 3.07. The Labute approximate surface area is 117 Å². The highest BCUT2D eigenvalue weighted by Crippen LogP contribution is 2.16. The van der Waals surface area contributed by atoms with Crippen LogP contribution in [-0.4, -0.2) is 14.7 Å². The van der Waals surface area contributed by atoms with Crippen LogP contribution in [0.3, 0.4) is 0 Å². The highest BCUT2D eigenvalue weighted by atomic mass is 32.2. The summed E-state index contributed by atoms with van der Waals surface area (Å²) >= 11 is 0. The van der Waals surface area contributed by atoms with Crippen molar-refractivity contribution in [3.05, 3.63) is 59.9 Å². The molecule has 106 valence electrons. The van der Waals surface area contributed by atoms with E-state index in [1.807, 2.05) is 0 Å². The van der Waals surface area contributed by atoms with Crippen LogP contribution in [0.4, 0.5) is 15.8 Å². The van der Waals surface area contributed by atoms with Crippen molar-refractivity contribution in [1.82, 2.24) is 0 Å². The maximum atomic E-state index is 13.4. The van der Waals surface area contributed by atoms with Crippen LogP contribution in [0.25, 0.3) is 0 Å². The molecule has 2 aromatic rings. The fourth-order valence-electron chi connectivity index (χ4n) is 1.71. The number of rotatable bonds is 5. The minimum atomic E-state index is -3.27. The highest BCUT2D eigenvalue weighted by Gasteiger charge is 2.02. The molecule has 0 aromatic heterocycles. The summed E-state index contributed by atoms with van der Waals surface area (Å²) in [5.41, 5.74) is 1.85. The van der Waals surface area contributed by atoms with Crippen molar-refractivity contribution >= 4 is 21.4 Å². The molecule has 0 amide bonds. The van der Waals surface area contributed by atoms with Crippen molar-refractivity contribution in [3.63, 3.8) is 0 Å². The van der Waals surface area contributed by atoms with E-state index in [2.05, 4.69) is 10.0 Å². The van der Waals surface area contributed by atoms with Gasteiger partial charge in [0.05, 0.1) is 6.26 Å². The van der Waals surface area contributed by atoms with Crippen LogP contribution in [-0.2, 0) is 16.6 Å². The highest BCUT2D eigenvalue weighted by molar-refractivity contribution is 7.92. The standard InChI is InChI=1S/C14H15FN2O2S/c1-20(18,19)17-13-8-6-12(7-9-13)16-10-11-4-2-3-5-14(11)15/h2-9,16-17H,10H2,1H3. The molecule has 0 radical (unpaired) electrons. The molecule has 0 saturated heterocycles. The van der Waals surface area contributed by atoms with E-state index in [4.69, 9.17) is 0 Å². The Hall–Kier alpha value is -2.08. The Balaban J connectivity index is 1.99. The third-order valence-corrected chi connectivity index (χ3v) is 3.24. The number of benzene rings is 2. The van der Waals surface area contributed by atoms with Gasteiger partial charge < -0.3 is 5.32 Å². The third-order valence-electron chi connectivity index (χ3n) is 2.63. The van der Waals surface area contributed by atoms with E-state index in [1.54, 1.807) is 42.5 Å². The SMILES string of the molecule is CS(=O)(=O)Nc1ccc(NCc2ccccc2F)cc1. The van der Waals surface area contributed by atoms with Crippen molar-refractivity contribution in [2.45, 2.75) is 6.54 Å². The average Bonchev–Trinajstić information content (AvgIpc) is 2.38. The van der Waals surface area contributed by atoms with Gasteiger partial charge in [0.2, 0.25) is 10.0 Å². The molecule has 0 heterocycles. The zero-order valence-electron chi connectivity index (χ0n) is 10.9. The Morgan fingerprint density at radius 3 is 2.20 bits per heavy atom. The summed E-state index contributed by atoms with van der Waals surface area (Å²) in [6.07, 6.45) is 1.09. The molecule has 0 bridgehead atoms. The summed E-state index contributed by atoms with van der Waals surface area (Å²) < 4.78 is 37.9. The maximum Gasteiger partial charge on any atom is 0.229 e. The van der Waals surface area contributed by atoms with Gasteiger partial charge >= 0.3 is 0 Å². The molecule has 0 atom stereocenters. The van der Waals surface area contributed by atoms with Crippen LogP contribution in [0.15, 0.2) is 48.5 Å². The molecule has 20 heavy (non-hydrogen) atoms. The number of nitrogens with one attached hydrogen (secondary N) is 2. The van der Waals surface area contributed by atoms with Crippen molar-refractivity contribution < 1.29 is 12.8 Å². The van der Waals surface area contributed by atoms with Gasteiger partial charge in [-0.1, -0.05) is 18.2 Å². The summed E-state index contributed by atoms with van der Waals surface area (Å²) in [6, 6.07) is 13.3. The summed E-state index contributed by atoms with van der Waals surface area (Å²) in [4.78, 5) is 0. The molecule has 4 nitrogen and oxygen atoms in total. The molecule has 2 aromatic carbocycles. The Morgan fingerprint density at radius 1 is 1.00 bits per heavy atom. The van der Waals surface area contributed by atoms with E-state index in [0.29, 0.717) is 17.8 Å². The first kappa shape index (κ1) is 14.3. The number of anilines is 2.